The summed E-state index contributed by atoms with van der Waals surface area (Å²) < 4.78 is 5.96. The Morgan fingerprint density at radius 2 is 2.08 bits per heavy atom. The number of hydrogen-bond acceptors (Lipinski definition) is 3. The van der Waals surface area contributed by atoms with Crippen molar-refractivity contribution in [1.82, 2.24) is 15.5 Å². The third-order valence-corrected chi connectivity index (χ3v) is 4.73. The first-order valence-electron chi connectivity index (χ1n) is 9.66. The van der Waals surface area contributed by atoms with Gasteiger partial charge in [-0.15, -0.1) is 6.58 Å². The Bertz CT molecular complexity index is 577. The lowest BCUT2D eigenvalue weighted by Crippen LogP contribution is -2.49. The zero-order valence-corrected chi connectivity index (χ0v) is 16.5. The molecule has 1 heterocycles. The van der Waals surface area contributed by atoms with Crippen molar-refractivity contribution < 1.29 is 4.74 Å². The van der Waals surface area contributed by atoms with Crippen LogP contribution in [0.3, 0.4) is 0 Å². The Labute approximate surface area is 158 Å². The van der Waals surface area contributed by atoms with Gasteiger partial charge in [-0.1, -0.05) is 38.1 Å². The van der Waals surface area contributed by atoms with E-state index in [0.29, 0.717) is 18.6 Å². The summed E-state index contributed by atoms with van der Waals surface area (Å²) in [6.07, 6.45) is 4.24. The van der Waals surface area contributed by atoms with Gasteiger partial charge < -0.3 is 15.4 Å². The van der Waals surface area contributed by atoms with E-state index in [1.807, 2.05) is 25.3 Å². The summed E-state index contributed by atoms with van der Waals surface area (Å²) in [5.41, 5.74) is 1.25. The Morgan fingerprint density at radius 1 is 1.35 bits per heavy atom. The van der Waals surface area contributed by atoms with Gasteiger partial charge in [0.1, 0.15) is 12.4 Å². The lowest BCUT2D eigenvalue weighted by molar-refractivity contribution is 0.225. The van der Waals surface area contributed by atoms with Crippen molar-refractivity contribution in [2.24, 2.45) is 4.99 Å². The molecule has 26 heavy (non-hydrogen) atoms. The highest BCUT2D eigenvalue weighted by molar-refractivity contribution is 5.79. The Hall–Kier alpha value is -2.01. The molecule has 2 rings (SSSR count). The van der Waals surface area contributed by atoms with Crippen molar-refractivity contribution in [3.8, 4) is 5.75 Å². The van der Waals surface area contributed by atoms with Crippen molar-refractivity contribution >= 4 is 5.96 Å². The van der Waals surface area contributed by atoms with Crippen LogP contribution >= 0.6 is 0 Å². The monoisotopic (exact) mass is 358 g/mol. The number of nitrogens with zero attached hydrogens (tertiary/aromatic N) is 2. The van der Waals surface area contributed by atoms with Crippen LogP contribution in [-0.2, 0) is 0 Å². The molecule has 0 saturated carbocycles. The second kappa shape index (κ2) is 10.9. The van der Waals surface area contributed by atoms with Crippen molar-refractivity contribution in [3.05, 3.63) is 42.5 Å². The predicted molar refractivity (Wildman–Crippen MR) is 110 cm³/mol. The van der Waals surface area contributed by atoms with E-state index in [4.69, 9.17) is 4.74 Å². The summed E-state index contributed by atoms with van der Waals surface area (Å²) in [5.74, 6) is 2.29. The SMILES string of the molecule is C=CCN1CCC(NC(=NC)NCCOc2ccccc2C(C)C)CC1. The van der Waals surface area contributed by atoms with Crippen LogP contribution < -0.4 is 15.4 Å². The number of hydrogen-bond donors (Lipinski definition) is 2. The molecule has 0 bridgehead atoms. The van der Waals surface area contributed by atoms with Gasteiger partial charge in [-0.25, -0.2) is 0 Å². The minimum atomic E-state index is 0.459. The summed E-state index contributed by atoms with van der Waals surface area (Å²) in [6, 6.07) is 8.73. The van der Waals surface area contributed by atoms with E-state index in [1.54, 1.807) is 0 Å². The van der Waals surface area contributed by atoms with Crippen LogP contribution in [-0.4, -0.2) is 56.7 Å². The molecule has 1 saturated heterocycles. The van der Waals surface area contributed by atoms with Crippen LogP contribution in [0.5, 0.6) is 5.75 Å². The molecule has 5 nitrogen and oxygen atoms in total. The third kappa shape index (κ3) is 6.37. The molecule has 144 valence electrons. The van der Waals surface area contributed by atoms with Gasteiger partial charge in [-0.05, 0) is 30.4 Å². The van der Waals surface area contributed by atoms with E-state index in [9.17, 15) is 0 Å². The lowest BCUT2D eigenvalue weighted by Gasteiger charge is -2.32. The number of likely N-dealkylation sites (tertiary alicyclic amines) is 1. The number of ether oxygens (including phenoxy) is 1. The van der Waals surface area contributed by atoms with Gasteiger partial charge in [0.25, 0.3) is 0 Å². The van der Waals surface area contributed by atoms with E-state index in [-0.39, 0.29) is 0 Å². The molecule has 1 aromatic rings. The quantitative estimate of drug-likeness (QED) is 0.325. The molecule has 5 heteroatoms. The lowest BCUT2D eigenvalue weighted by atomic mass is 10.0. The number of guanidine groups is 1. The highest BCUT2D eigenvalue weighted by atomic mass is 16.5. The summed E-state index contributed by atoms with van der Waals surface area (Å²) in [7, 11) is 1.82. The first-order valence-corrected chi connectivity index (χ1v) is 9.66. The molecule has 0 spiro atoms. The molecular formula is C21H34N4O. The fourth-order valence-corrected chi connectivity index (χ4v) is 3.25. The first-order chi connectivity index (χ1) is 12.6. The highest BCUT2D eigenvalue weighted by Crippen LogP contribution is 2.25. The molecule has 1 aromatic carbocycles. The van der Waals surface area contributed by atoms with Crippen molar-refractivity contribution in [1.29, 1.82) is 0 Å². The number of piperidine rings is 1. The minimum absolute atomic E-state index is 0.459. The number of benzene rings is 1. The molecule has 1 fully saturated rings. The van der Waals surface area contributed by atoms with E-state index in [2.05, 4.69) is 53.1 Å². The summed E-state index contributed by atoms with van der Waals surface area (Å²) in [4.78, 5) is 6.77. The molecule has 1 aliphatic heterocycles. The smallest absolute Gasteiger partial charge is 0.191 e. The molecule has 0 atom stereocenters. The van der Waals surface area contributed by atoms with Gasteiger partial charge in [-0.3, -0.25) is 9.89 Å². The van der Waals surface area contributed by atoms with Crippen LogP contribution in [0.1, 0.15) is 38.2 Å². The van der Waals surface area contributed by atoms with Gasteiger partial charge in [0, 0.05) is 32.7 Å². The van der Waals surface area contributed by atoms with Crippen LogP contribution in [0.4, 0.5) is 0 Å². The van der Waals surface area contributed by atoms with Crippen LogP contribution in [0.15, 0.2) is 41.9 Å². The topological polar surface area (TPSA) is 48.9 Å². The molecule has 0 aromatic heterocycles. The fraction of sp³-hybridized carbons (Fsp3) is 0.571. The standard InChI is InChI=1S/C21H34N4O/c1-5-13-25-14-10-18(11-15-25)24-21(22-4)23-12-16-26-20-9-7-6-8-19(20)17(2)3/h5-9,17-18H,1,10-16H2,2-4H3,(H2,22,23,24). The molecule has 0 aliphatic carbocycles. The maximum Gasteiger partial charge on any atom is 0.191 e. The number of aliphatic imine (C=N–C) groups is 1. The number of nitrogens with one attached hydrogen (secondary N) is 2. The molecule has 1 aliphatic rings. The van der Waals surface area contributed by atoms with Crippen LogP contribution in [0.2, 0.25) is 0 Å². The first kappa shape index (κ1) is 20.3. The van der Waals surface area contributed by atoms with E-state index >= 15 is 0 Å². The largest absolute Gasteiger partial charge is 0.491 e. The highest BCUT2D eigenvalue weighted by Gasteiger charge is 2.18. The second-order valence-corrected chi connectivity index (χ2v) is 7.05. The van der Waals surface area contributed by atoms with Gasteiger partial charge >= 0.3 is 0 Å². The molecule has 0 amide bonds. The predicted octanol–water partition coefficient (Wildman–Crippen LogP) is 3.00. The van der Waals surface area contributed by atoms with E-state index < -0.39 is 0 Å². The van der Waals surface area contributed by atoms with Crippen LogP contribution in [0, 0.1) is 0 Å². The molecule has 0 radical (unpaired) electrons. The number of rotatable bonds is 8. The zero-order valence-electron chi connectivity index (χ0n) is 16.5. The minimum Gasteiger partial charge on any atom is -0.491 e. The Balaban J connectivity index is 1.71. The second-order valence-electron chi connectivity index (χ2n) is 7.05. The Morgan fingerprint density at radius 3 is 2.73 bits per heavy atom. The fourth-order valence-electron chi connectivity index (χ4n) is 3.25. The average molecular weight is 359 g/mol. The van der Waals surface area contributed by atoms with Crippen molar-refractivity contribution in [2.75, 3.05) is 39.8 Å². The van der Waals surface area contributed by atoms with E-state index in [1.165, 1.54) is 5.56 Å². The summed E-state index contributed by atoms with van der Waals surface area (Å²) >= 11 is 0. The zero-order chi connectivity index (χ0) is 18.8. The average Bonchev–Trinajstić information content (AvgIpc) is 2.66. The van der Waals surface area contributed by atoms with E-state index in [0.717, 1.165) is 50.7 Å². The van der Waals surface area contributed by atoms with Crippen molar-refractivity contribution in [3.63, 3.8) is 0 Å². The van der Waals surface area contributed by atoms with Crippen molar-refractivity contribution in [2.45, 2.75) is 38.6 Å². The van der Waals surface area contributed by atoms with Gasteiger partial charge in [0.2, 0.25) is 0 Å². The summed E-state index contributed by atoms with van der Waals surface area (Å²) in [5, 5.41) is 6.88. The van der Waals surface area contributed by atoms with Gasteiger partial charge in [0.15, 0.2) is 5.96 Å². The molecular weight excluding hydrogens is 324 g/mol. The maximum atomic E-state index is 5.96. The van der Waals surface area contributed by atoms with Crippen LogP contribution in [0.25, 0.3) is 0 Å². The Kier molecular flexibility index (Phi) is 8.48. The summed E-state index contributed by atoms with van der Waals surface area (Å²) in [6.45, 7) is 12.7. The molecule has 2 N–H and O–H groups in total. The normalized spacial score (nSPS) is 16.5. The van der Waals surface area contributed by atoms with Gasteiger partial charge in [0.05, 0.1) is 6.54 Å². The number of para-hydroxylation sites is 1. The maximum absolute atomic E-state index is 5.96. The van der Waals surface area contributed by atoms with Gasteiger partial charge in [-0.2, -0.15) is 0 Å². The molecule has 0 unspecified atom stereocenters. The third-order valence-electron chi connectivity index (χ3n) is 4.73.